The first-order chi connectivity index (χ1) is 16.0. The maximum atomic E-state index is 13.4. The molecule has 2 heterocycles. The number of nitrogens with zero attached hydrogens (tertiary/aromatic N) is 2. The highest BCUT2D eigenvalue weighted by molar-refractivity contribution is 7.89. The van der Waals surface area contributed by atoms with Crippen molar-refractivity contribution >= 4 is 27.8 Å². The fourth-order valence-corrected chi connectivity index (χ4v) is 5.95. The Morgan fingerprint density at radius 1 is 1.00 bits per heavy atom. The van der Waals surface area contributed by atoms with Crippen molar-refractivity contribution in [3.63, 3.8) is 0 Å². The molecule has 12 heteroatoms. The fourth-order valence-electron chi connectivity index (χ4n) is 4.09. The molecule has 2 aliphatic heterocycles. The molecule has 0 spiro atoms. The highest BCUT2D eigenvalue weighted by atomic mass is 32.2. The van der Waals surface area contributed by atoms with Crippen molar-refractivity contribution in [1.29, 1.82) is 0 Å². The number of hydrogen-bond donors (Lipinski definition) is 0. The third-order valence-corrected chi connectivity index (χ3v) is 7.66. The first-order valence-electron chi connectivity index (χ1n) is 10.3. The number of esters is 1. The van der Waals surface area contributed by atoms with Crippen LogP contribution < -0.4 is 0 Å². The molecule has 0 bridgehead atoms. The summed E-state index contributed by atoms with van der Waals surface area (Å²) in [6.45, 7) is -0.769. The smallest absolute Gasteiger partial charge is 0.417 e. The average molecular weight is 496 g/mol. The Bertz CT molecular complexity index is 1230. The lowest BCUT2D eigenvalue weighted by Crippen LogP contribution is -2.42. The predicted molar refractivity (Wildman–Crippen MR) is 111 cm³/mol. The molecular weight excluding hydrogens is 477 g/mol. The highest BCUT2D eigenvalue weighted by Gasteiger charge is 2.44. The zero-order valence-electron chi connectivity index (χ0n) is 17.6. The maximum Gasteiger partial charge on any atom is 0.417 e. The van der Waals surface area contributed by atoms with Gasteiger partial charge in [-0.2, -0.15) is 17.5 Å². The summed E-state index contributed by atoms with van der Waals surface area (Å²) >= 11 is 0. The van der Waals surface area contributed by atoms with Crippen LogP contribution in [0.2, 0.25) is 0 Å². The van der Waals surface area contributed by atoms with Gasteiger partial charge in [0.25, 0.3) is 11.8 Å². The summed E-state index contributed by atoms with van der Waals surface area (Å²) in [5, 5.41) is 0. The number of fused-ring (bicyclic) bond motifs is 1. The van der Waals surface area contributed by atoms with Crippen LogP contribution in [-0.4, -0.2) is 61.1 Å². The van der Waals surface area contributed by atoms with E-state index in [2.05, 4.69) is 0 Å². The number of carbonyl (C=O) groups is 3. The minimum atomic E-state index is -4.90. The maximum absolute atomic E-state index is 13.4. The van der Waals surface area contributed by atoms with Gasteiger partial charge in [0, 0.05) is 6.54 Å². The minimum Gasteiger partial charge on any atom is -0.463 e. The van der Waals surface area contributed by atoms with E-state index in [0.29, 0.717) is 10.4 Å². The highest BCUT2D eigenvalue weighted by Crippen LogP contribution is 2.37. The van der Waals surface area contributed by atoms with Crippen molar-refractivity contribution in [2.24, 2.45) is 0 Å². The zero-order valence-corrected chi connectivity index (χ0v) is 18.4. The molecule has 1 fully saturated rings. The van der Waals surface area contributed by atoms with E-state index in [-0.39, 0.29) is 43.7 Å². The van der Waals surface area contributed by atoms with E-state index in [4.69, 9.17) is 4.74 Å². The van der Waals surface area contributed by atoms with Crippen LogP contribution in [0.4, 0.5) is 13.2 Å². The molecule has 0 N–H and O–H groups in total. The van der Waals surface area contributed by atoms with Gasteiger partial charge in [0.15, 0.2) is 0 Å². The Hall–Kier alpha value is -3.25. The molecule has 2 aliphatic rings. The number of ether oxygens (including phenoxy) is 1. The topological polar surface area (TPSA) is 101 Å². The van der Waals surface area contributed by atoms with Crippen molar-refractivity contribution in [2.75, 3.05) is 19.7 Å². The molecule has 2 amide bonds. The first-order valence-corrected chi connectivity index (χ1v) is 11.8. The molecule has 2 aromatic rings. The van der Waals surface area contributed by atoms with Crippen molar-refractivity contribution < 1.29 is 40.7 Å². The fraction of sp³-hybridized carbons (Fsp3) is 0.318. The van der Waals surface area contributed by atoms with Gasteiger partial charge in [-0.3, -0.25) is 19.3 Å². The van der Waals surface area contributed by atoms with Gasteiger partial charge in [-0.15, -0.1) is 0 Å². The van der Waals surface area contributed by atoms with Crippen LogP contribution in [0.15, 0.2) is 53.4 Å². The van der Waals surface area contributed by atoms with Crippen LogP contribution >= 0.6 is 0 Å². The molecule has 0 aromatic heterocycles. The van der Waals surface area contributed by atoms with E-state index in [9.17, 15) is 36.0 Å². The Balaban J connectivity index is 1.45. The summed E-state index contributed by atoms with van der Waals surface area (Å²) in [4.78, 5) is 37.4. The predicted octanol–water partition coefficient (Wildman–Crippen LogP) is 2.70. The van der Waals surface area contributed by atoms with Gasteiger partial charge in [0.05, 0.1) is 28.1 Å². The van der Waals surface area contributed by atoms with Crippen LogP contribution in [-0.2, 0) is 25.7 Å². The Morgan fingerprint density at radius 3 is 2.21 bits per heavy atom. The van der Waals surface area contributed by atoms with Crippen molar-refractivity contribution in [2.45, 2.75) is 30.0 Å². The normalized spacial score (nSPS) is 18.9. The van der Waals surface area contributed by atoms with Gasteiger partial charge < -0.3 is 4.74 Å². The van der Waals surface area contributed by atoms with Crippen molar-refractivity contribution in [3.8, 4) is 0 Å². The second kappa shape index (κ2) is 8.84. The summed E-state index contributed by atoms with van der Waals surface area (Å²) in [7, 11) is -4.65. The van der Waals surface area contributed by atoms with E-state index in [1.54, 1.807) is 12.1 Å². The Morgan fingerprint density at radius 2 is 1.59 bits per heavy atom. The molecule has 180 valence electrons. The number of halogens is 3. The third-order valence-electron chi connectivity index (χ3n) is 5.69. The summed E-state index contributed by atoms with van der Waals surface area (Å²) in [5.41, 5.74) is -0.856. The standard InChI is InChI=1S/C22H19F3N2O6S/c23-22(24,25)16-8-3-4-10-18(16)34(31,32)27-11-5-9-17(27)21(30)33-13-12-26-19(28)14-6-1-2-7-15(14)20(26)29/h1-4,6-8,10,17H,5,9,11-13H2/t17-/m1/s1. The van der Waals surface area contributed by atoms with Crippen LogP contribution in [0, 0.1) is 0 Å². The Kier molecular flexibility index (Phi) is 6.21. The number of benzene rings is 2. The Labute approximate surface area is 193 Å². The van der Waals surface area contributed by atoms with E-state index < -0.39 is 50.5 Å². The summed E-state index contributed by atoms with van der Waals surface area (Å²) in [6, 6.07) is 8.68. The summed E-state index contributed by atoms with van der Waals surface area (Å²) in [6.07, 6.45) is -4.57. The lowest BCUT2D eigenvalue weighted by Gasteiger charge is -2.24. The summed E-state index contributed by atoms with van der Waals surface area (Å²) in [5.74, 6) is -2.03. The molecule has 1 atom stereocenters. The summed E-state index contributed by atoms with van der Waals surface area (Å²) < 4.78 is 72.0. The third kappa shape index (κ3) is 4.18. The van der Waals surface area contributed by atoms with Crippen molar-refractivity contribution in [1.82, 2.24) is 9.21 Å². The van der Waals surface area contributed by atoms with E-state index in [0.717, 1.165) is 17.0 Å². The quantitative estimate of drug-likeness (QED) is 0.450. The largest absolute Gasteiger partial charge is 0.463 e. The molecular formula is C22H19F3N2O6S. The number of amides is 2. The van der Waals surface area contributed by atoms with Gasteiger partial charge in [0.2, 0.25) is 10.0 Å². The van der Waals surface area contributed by atoms with Gasteiger partial charge in [0.1, 0.15) is 12.6 Å². The second-order valence-corrected chi connectivity index (χ2v) is 9.60. The first kappa shape index (κ1) is 23.9. The number of carbonyl (C=O) groups excluding carboxylic acids is 3. The average Bonchev–Trinajstić information content (AvgIpc) is 3.39. The van der Waals surface area contributed by atoms with Crippen LogP contribution in [0.25, 0.3) is 0 Å². The van der Waals surface area contributed by atoms with Gasteiger partial charge in [-0.25, -0.2) is 8.42 Å². The van der Waals surface area contributed by atoms with E-state index in [1.165, 1.54) is 18.2 Å². The van der Waals surface area contributed by atoms with Gasteiger partial charge >= 0.3 is 12.1 Å². The minimum absolute atomic E-state index is 0.0687. The molecule has 1 saturated heterocycles. The SMILES string of the molecule is O=C(OCCN1C(=O)c2ccccc2C1=O)[C@H]1CCCN1S(=O)(=O)c1ccccc1C(F)(F)F. The molecule has 0 saturated carbocycles. The van der Waals surface area contributed by atoms with Crippen LogP contribution in [0.5, 0.6) is 0 Å². The van der Waals surface area contributed by atoms with Gasteiger partial charge in [-0.05, 0) is 37.1 Å². The lowest BCUT2D eigenvalue weighted by molar-refractivity contribution is -0.147. The zero-order chi connectivity index (χ0) is 24.7. The van der Waals surface area contributed by atoms with E-state index >= 15 is 0 Å². The number of alkyl halides is 3. The molecule has 0 radical (unpaired) electrons. The molecule has 4 rings (SSSR count). The molecule has 0 unspecified atom stereocenters. The molecule has 8 nitrogen and oxygen atoms in total. The molecule has 0 aliphatic carbocycles. The second-order valence-electron chi connectivity index (χ2n) is 7.74. The monoisotopic (exact) mass is 496 g/mol. The van der Waals surface area contributed by atoms with Crippen molar-refractivity contribution in [3.05, 3.63) is 65.2 Å². The van der Waals surface area contributed by atoms with Crippen LogP contribution in [0.1, 0.15) is 39.1 Å². The van der Waals surface area contributed by atoms with Crippen LogP contribution in [0.3, 0.4) is 0 Å². The number of imide groups is 1. The molecule has 34 heavy (non-hydrogen) atoms. The number of rotatable bonds is 6. The number of hydrogen-bond acceptors (Lipinski definition) is 6. The lowest BCUT2D eigenvalue weighted by atomic mass is 10.1. The number of sulfonamides is 1. The molecule has 2 aromatic carbocycles. The van der Waals surface area contributed by atoms with E-state index in [1.807, 2.05) is 0 Å². The van der Waals surface area contributed by atoms with Gasteiger partial charge in [-0.1, -0.05) is 24.3 Å².